The summed E-state index contributed by atoms with van der Waals surface area (Å²) in [6.45, 7) is 3.68. The Labute approximate surface area is 99.5 Å². The van der Waals surface area contributed by atoms with Gasteiger partial charge in [0.15, 0.2) is 0 Å². The lowest BCUT2D eigenvalue weighted by Crippen LogP contribution is -2.33. The molecule has 3 nitrogen and oxygen atoms in total. The Morgan fingerprint density at radius 1 is 0.875 bits per heavy atom. The molecule has 0 aliphatic heterocycles. The van der Waals surface area contributed by atoms with Gasteiger partial charge in [-0.25, -0.2) is 0 Å². The summed E-state index contributed by atoms with van der Waals surface area (Å²) in [5, 5.41) is 17.7. The second-order valence-corrected chi connectivity index (χ2v) is 4.96. The zero-order valence-electron chi connectivity index (χ0n) is 10.4. The zero-order valence-corrected chi connectivity index (χ0v) is 10.4. The van der Waals surface area contributed by atoms with Gasteiger partial charge in [-0.15, -0.1) is 0 Å². The molecule has 1 saturated carbocycles. The van der Waals surface area contributed by atoms with Gasteiger partial charge in [-0.05, 0) is 31.6 Å². The first-order valence-corrected chi connectivity index (χ1v) is 6.81. The van der Waals surface area contributed by atoms with Crippen molar-refractivity contribution in [3.63, 3.8) is 0 Å². The molecule has 0 heterocycles. The van der Waals surface area contributed by atoms with Crippen LogP contribution in [0.4, 0.5) is 0 Å². The molecule has 2 N–H and O–H groups in total. The molecule has 0 bridgehead atoms. The van der Waals surface area contributed by atoms with Crippen LogP contribution >= 0.6 is 0 Å². The Bertz CT molecular complexity index is 150. The van der Waals surface area contributed by atoms with Crippen molar-refractivity contribution in [2.24, 2.45) is 5.92 Å². The smallest absolute Gasteiger partial charge is 0.0443 e. The lowest BCUT2D eigenvalue weighted by molar-refractivity contribution is 0.166. The van der Waals surface area contributed by atoms with E-state index in [9.17, 15) is 0 Å². The summed E-state index contributed by atoms with van der Waals surface area (Å²) in [6, 6.07) is 0. The Morgan fingerprint density at radius 3 is 1.94 bits per heavy atom. The van der Waals surface area contributed by atoms with E-state index in [1.54, 1.807) is 0 Å². The van der Waals surface area contributed by atoms with E-state index in [-0.39, 0.29) is 13.2 Å². The SMILES string of the molecule is OCCCN(CCCO)CC1CCCCC1. The molecule has 3 heteroatoms. The molecule has 96 valence electrons. The Morgan fingerprint density at radius 2 is 1.44 bits per heavy atom. The molecule has 0 amide bonds. The molecular formula is C13H27NO2. The van der Waals surface area contributed by atoms with Crippen molar-refractivity contribution in [2.75, 3.05) is 32.8 Å². The van der Waals surface area contributed by atoms with Crippen LogP contribution in [0, 0.1) is 5.92 Å². The molecule has 0 saturated heterocycles. The fraction of sp³-hybridized carbons (Fsp3) is 1.00. The monoisotopic (exact) mass is 229 g/mol. The van der Waals surface area contributed by atoms with Gasteiger partial charge >= 0.3 is 0 Å². The number of aliphatic hydroxyl groups excluding tert-OH is 2. The lowest BCUT2D eigenvalue weighted by atomic mass is 9.89. The van der Waals surface area contributed by atoms with Crippen molar-refractivity contribution < 1.29 is 10.2 Å². The molecule has 0 unspecified atom stereocenters. The fourth-order valence-electron chi connectivity index (χ4n) is 2.62. The van der Waals surface area contributed by atoms with Crippen LogP contribution in [0.25, 0.3) is 0 Å². The van der Waals surface area contributed by atoms with Crippen molar-refractivity contribution >= 4 is 0 Å². The maximum atomic E-state index is 8.87. The van der Waals surface area contributed by atoms with E-state index < -0.39 is 0 Å². The van der Waals surface area contributed by atoms with Crippen LogP contribution in [0.15, 0.2) is 0 Å². The molecule has 0 spiro atoms. The van der Waals surface area contributed by atoms with Crippen molar-refractivity contribution in [1.29, 1.82) is 0 Å². The van der Waals surface area contributed by atoms with Gasteiger partial charge in [0, 0.05) is 32.8 Å². The summed E-state index contributed by atoms with van der Waals surface area (Å²) in [4.78, 5) is 2.42. The minimum absolute atomic E-state index is 0.278. The van der Waals surface area contributed by atoms with E-state index in [4.69, 9.17) is 10.2 Å². The molecule has 1 rings (SSSR count). The second kappa shape index (κ2) is 8.97. The van der Waals surface area contributed by atoms with E-state index in [1.165, 1.54) is 38.6 Å². The van der Waals surface area contributed by atoms with E-state index >= 15 is 0 Å². The summed E-state index contributed by atoms with van der Waals surface area (Å²) in [7, 11) is 0. The van der Waals surface area contributed by atoms with Gasteiger partial charge in [-0.3, -0.25) is 0 Å². The number of aliphatic hydroxyl groups is 2. The van der Waals surface area contributed by atoms with Gasteiger partial charge in [0.2, 0.25) is 0 Å². The molecule has 0 aromatic rings. The summed E-state index contributed by atoms with van der Waals surface area (Å²) < 4.78 is 0. The lowest BCUT2D eigenvalue weighted by Gasteiger charge is -2.29. The molecule has 0 radical (unpaired) electrons. The van der Waals surface area contributed by atoms with Crippen molar-refractivity contribution in [3.05, 3.63) is 0 Å². The molecule has 1 aliphatic rings. The van der Waals surface area contributed by atoms with E-state index in [1.807, 2.05) is 0 Å². The van der Waals surface area contributed by atoms with Crippen LogP contribution in [-0.4, -0.2) is 48.0 Å². The van der Waals surface area contributed by atoms with Crippen molar-refractivity contribution in [1.82, 2.24) is 4.90 Å². The largest absolute Gasteiger partial charge is 0.396 e. The minimum atomic E-state index is 0.278. The van der Waals surface area contributed by atoms with Crippen LogP contribution in [0.1, 0.15) is 44.9 Å². The Hall–Kier alpha value is -0.120. The molecule has 0 aromatic heterocycles. The summed E-state index contributed by atoms with van der Waals surface area (Å²) in [5.74, 6) is 0.853. The van der Waals surface area contributed by atoms with Gasteiger partial charge in [0.1, 0.15) is 0 Å². The van der Waals surface area contributed by atoms with Crippen LogP contribution in [0.2, 0.25) is 0 Å². The Balaban J connectivity index is 2.23. The average molecular weight is 229 g/mol. The molecule has 0 atom stereocenters. The first-order valence-electron chi connectivity index (χ1n) is 6.81. The van der Waals surface area contributed by atoms with Crippen LogP contribution in [-0.2, 0) is 0 Å². The third-order valence-corrected chi connectivity index (χ3v) is 3.51. The van der Waals surface area contributed by atoms with Crippen molar-refractivity contribution in [2.45, 2.75) is 44.9 Å². The number of rotatable bonds is 8. The third kappa shape index (κ3) is 5.83. The summed E-state index contributed by atoms with van der Waals surface area (Å²) >= 11 is 0. The highest BCUT2D eigenvalue weighted by Crippen LogP contribution is 2.24. The van der Waals surface area contributed by atoms with Crippen LogP contribution < -0.4 is 0 Å². The first kappa shape index (κ1) is 13.9. The van der Waals surface area contributed by atoms with Gasteiger partial charge in [0.05, 0.1) is 0 Å². The highest BCUT2D eigenvalue weighted by molar-refractivity contribution is 4.70. The predicted molar refractivity (Wildman–Crippen MR) is 66.4 cm³/mol. The van der Waals surface area contributed by atoms with Crippen LogP contribution in [0.3, 0.4) is 0 Å². The summed E-state index contributed by atoms with van der Waals surface area (Å²) in [5.41, 5.74) is 0. The maximum Gasteiger partial charge on any atom is 0.0443 e. The summed E-state index contributed by atoms with van der Waals surface area (Å²) in [6.07, 6.45) is 8.64. The predicted octanol–water partition coefficient (Wildman–Crippen LogP) is 1.63. The molecule has 0 aromatic carbocycles. The third-order valence-electron chi connectivity index (χ3n) is 3.51. The molecule has 16 heavy (non-hydrogen) atoms. The van der Waals surface area contributed by atoms with Gasteiger partial charge in [-0.2, -0.15) is 0 Å². The highest BCUT2D eigenvalue weighted by atomic mass is 16.3. The first-order chi connectivity index (χ1) is 7.86. The molecular weight excluding hydrogens is 202 g/mol. The quantitative estimate of drug-likeness (QED) is 0.665. The fourth-order valence-corrected chi connectivity index (χ4v) is 2.62. The molecule has 1 fully saturated rings. The number of hydrogen-bond donors (Lipinski definition) is 2. The van der Waals surface area contributed by atoms with Crippen molar-refractivity contribution in [3.8, 4) is 0 Å². The van der Waals surface area contributed by atoms with Crippen LogP contribution in [0.5, 0.6) is 0 Å². The van der Waals surface area contributed by atoms with Gasteiger partial charge < -0.3 is 15.1 Å². The van der Waals surface area contributed by atoms with Gasteiger partial charge in [-0.1, -0.05) is 19.3 Å². The van der Waals surface area contributed by atoms with Gasteiger partial charge in [0.25, 0.3) is 0 Å². The molecule has 1 aliphatic carbocycles. The maximum absolute atomic E-state index is 8.87. The zero-order chi connectivity index (χ0) is 11.6. The Kier molecular flexibility index (Phi) is 7.81. The second-order valence-electron chi connectivity index (χ2n) is 4.96. The number of nitrogens with zero attached hydrogens (tertiary/aromatic N) is 1. The number of hydrogen-bond acceptors (Lipinski definition) is 3. The van der Waals surface area contributed by atoms with E-state index in [0.29, 0.717) is 0 Å². The average Bonchev–Trinajstić information content (AvgIpc) is 2.34. The highest BCUT2D eigenvalue weighted by Gasteiger charge is 2.16. The topological polar surface area (TPSA) is 43.7 Å². The normalized spacial score (nSPS) is 18.2. The standard InChI is InChI=1S/C13H27NO2/c15-10-4-8-14(9-5-11-16)12-13-6-2-1-3-7-13/h13,15-16H,1-12H2. The van der Waals surface area contributed by atoms with E-state index in [2.05, 4.69) is 4.90 Å². The van der Waals surface area contributed by atoms with E-state index in [0.717, 1.165) is 31.8 Å². The minimum Gasteiger partial charge on any atom is -0.396 e.